The minimum Gasteiger partial charge on any atom is -0.351 e. The molecule has 0 bridgehead atoms. The maximum atomic E-state index is 12.6. The largest absolute Gasteiger partial charge is 0.351 e. The van der Waals surface area contributed by atoms with Gasteiger partial charge in [-0.05, 0) is 24.2 Å². The molecule has 2 N–H and O–H groups in total. The standard InChI is InChI=1S/C11H15FN2O.ClH/c1-2-13-8-11(15)14-7-9-3-5-10(12)6-4-9;/h3-6,13H,2,7-8H2,1H3,(H,14,15);1H. The first kappa shape index (κ1) is 14.9. The lowest BCUT2D eigenvalue weighted by Crippen LogP contribution is -2.33. The second kappa shape index (κ2) is 8.07. The van der Waals surface area contributed by atoms with Crippen molar-refractivity contribution in [2.75, 3.05) is 13.1 Å². The summed E-state index contributed by atoms with van der Waals surface area (Å²) in [5, 5.41) is 5.65. The summed E-state index contributed by atoms with van der Waals surface area (Å²) in [6, 6.07) is 6.07. The van der Waals surface area contributed by atoms with E-state index in [9.17, 15) is 9.18 Å². The number of hydrogen-bond donors (Lipinski definition) is 2. The fourth-order valence-electron chi connectivity index (χ4n) is 1.10. The van der Waals surface area contributed by atoms with E-state index in [1.807, 2.05) is 6.92 Å². The first-order valence-electron chi connectivity index (χ1n) is 4.94. The van der Waals surface area contributed by atoms with Gasteiger partial charge in [-0.25, -0.2) is 4.39 Å². The van der Waals surface area contributed by atoms with Crippen LogP contribution in [0.1, 0.15) is 12.5 Å². The molecule has 1 rings (SSSR count). The zero-order chi connectivity index (χ0) is 11.1. The molecule has 0 aromatic heterocycles. The van der Waals surface area contributed by atoms with E-state index >= 15 is 0 Å². The van der Waals surface area contributed by atoms with Gasteiger partial charge in [0.15, 0.2) is 0 Å². The van der Waals surface area contributed by atoms with E-state index in [1.54, 1.807) is 12.1 Å². The van der Waals surface area contributed by atoms with Crippen LogP contribution in [-0.4, -0.2) is 19.0 Å². The van der Waals surface area contributed by atoms with Gasteiger partial charge in [-0.15, -0.1) is 12.4 Å². The van der Waals surface area contributed by atoms with Gasteiger partial charge >= 0.3 is 0 Å². The Morgan fingerprint density at radius 2 is 1.94 bits per heavy atom. The third-order valence-electron chi connectivity index (χ3n) is 1.94. The number of carbonyl (C=O) groups excluding carboxylic acids is 1. The van der Waals surface area contributed by atoms with Gasteiger partial charge in [-0.2, -0.15) is 0 Å². The maximum Gasteiger partial charge on any atom is 0.234 e. The fourth-order valence-corrected chi connectivity index (χ4v) is 1.10. The predicted octanol–water partition coefficient (Wildman–Crippen LogP) is 1.47. The van der Waals surface area contributed by atoms with Gasteiger partial charge in [0, 0.05) is 6.54 Å². The molecule has 3 nitrogen and oxygen atoms in total. The van der Waals surface area contributed by atoms with Crippen molar-refractivity contribution < 1.29 is 9.18 Å². The second-order valence-electron chi connectivity index (χ2n) is 3.18. The van der Waals surface area contributed by atoms with Crippen molar-refractivity contribution in [3.8, 4) is 0 Å². The van der Waals surface area contributed by atoms with Crippen molar-refractivity contribution in [1.29, 1.82) is 0 Å². The van der Waals surface area contributed by atoms with Gasteiger partial charge in [0.2, 0.25) is 5.91 Å². The molecule has 1 aromatic carbocycles. The Hall–Kier alpha value is -1.13. The second-order valence-corrected chi connectivity index (χ2v) is 3.18. The average molecular weight is 247 g/mol. The van der Waals surface area contributed by atoms with Crippen molar-refractivity contribution in [2.24, 2.45) is 0 Å². The monoisotopic (exact) mass is 246 g/mol. The van der Waals surface area contributed by atoms with Crippen LogP contribution in [0.4, 0.5) is 4.39 Å². The van der Waals surface area contributed by atoms with Crippen molar-refractivity contribution in [3.05, 3.63) is 35.6 Å². The van der Waals surface area contributed by atoms with Crippen LogP contribution in [0.25, 0.3) is 0 Å². The average Bonchev–Trinajstić information content (AvgIpc) is 2.25. The molecule has 0 atom stereocenters. The normalized spacial score (nSPS) is 9.38. The van der Waals surface area contributed by atoms with Crippen molar-refractivity contribution in [3.63, 3.8) is 0 Å². The number of halogens is 2. The SMILES string of the molecule is CCNCC(=O)NCc1ccc(F)cc1.Cl. The Kier molecular flexibility index (Phi) is 7.50. The summed E-state index contributed by atoms with van der Waals surface area (Å²) in [6.45, 7) is 3.46. The highest BCUT2D eigenvalue weighted by Crippen LogP contribution is 2.01. The lowest BCUT2D eigenvalue weighted by Gasteiger charge is -2.05. The number of carbonyl (C=O) groups is 1. The van der Waals surface area contributed by atoms with Gasteiger partial charge in [0.1, 0.15) is 5.82 Å². The van der Waals surface area contributed by atoms with Crippen LogP contribution >= 0.6 is 12.4 Å². The number of benzene rings is 1. The molecule has 0 unspecified atom stereocenters. The Morgan fingerprint density at radius 1 is 1.31 bits per heavy atom. The predicted molar refractivity (Wildman–Crippen MR) is 64.0 cm³/mol. The Morgan fingerprint density at radius 3 is 2.50 bits per heavy atom. The highest BCUT2D eigenvalue weighted by atomic mass is 35.5. The molecule has 0 aliphatic carbocycles. The number of rotatable bonds is 5. The summed E-state index contributed by atoms with van der Waals surface area (Å²) in [5.41, 5.74) is 0.890. The van der Waals surface area contributed by atoms with Crippen LogP contribution in [0.15, 0.2) is 24.3 Å². The summed E-state index contributed by atoms with van der Waals surface area (Å²) in [4.78, 5) is 11.2. The topological polar surface area (TPSA) is 41.1 Å². The number of amides is 1. The van der Waals surface area contributed by atoms with Gasteiger partial charge in [0.05, 0.1) is 6.54 Å². The van der Waals surface area contributed by atoms with Crippen LogP contribution in [0, 0.1) is 5.82 Å². The molecule has 1 aromatic rings. The fraction of sp³-hybridized carbons (Fsp3) is 0.364. The Labute approximate surface area is 101 Å². The smallest absolute Gasteiger partial charge is 0.234 e. The summed E-state index contributed by atoms with van der Waals surface area (Å²) < 4.78 is 12.6. The first-order valence-corrected chi connectivity index (χ1v) is 4.94. The van der Waals surface area contributed by atoms with Gasteiger partial charge in [-0.3, -0.25) is 4.79 Å². The van der Waals surface area contributed by atoms with E-state index in [1.165, 1.54) is 12.1 Å². The lowest BCUT2D eigenvalue weighted by atomic mass is 10.2. The van der Waals surface area contributed by atoms with Crippen LogP contribution in [0.2, 0.25) is 0 Å². The van der Waals surface area contributed by atoms with Crippen LogP contribution in [-0.2, 0) is 11.3 Å². The lowest BCUT2D eigenvalue weighted by molar-refractivity contribution is -0.120. The van der Waals surface area contributed by atoms with Gasteiger partial charge in [0.25, 0.3) is 0 Å². The van der Waals surface area contributed by atoms with E-state index < -0.39 is 0 Å². The van der Waals surface area contributed by atoms with Gasteiger partial charge < -0.3 is 10.6 Å². The molecule has 0 aliphatic rings. The summed E-state index contributed by atoms with van der Waals surface area (Å²) >= 11 is 0. The molecular weight excluding hydrogens is 231 g/mol. The number of nitrogens with one attached hydrogen (secondary N) is 2. The molecule has 1 amide bonds. The molecule has 0 saturated heterocycles. The van der Waals surface area contributed by atoms with Crippen molar-refractivity contribution in [2.45, 2.75) is 13.5 Å². The third-order valence-corrected chi connectivity index (χ3v) is 1.94. The van der Waals surface area contributed by atoms with Crippen molar-refractivity contribution >= 4 is 18.3 Å². The highest BCUT2D eigenvalue weighted by Gasteiger charge is 1.99. The number of hydrogen-bond acceptors (Lipinski definition) is 2. The van der Waals surface area contributed by atoms with Crippen LogP contribution in [0.5, 0.6) is 0 Å². The number of likely N-dealkylation sites (N-methyl/N-ethyl adjacent to an activating group) is 1. The third kappa shape index (κ3) is 5.68. The van der Waals surface area contributed by atoms with E-state index in [0.717, 1.165) is 12.1 Å². The van der Waals surface area contributed by atoms with Crippen LogP contribution in [0.3, 0.4) is 0 Å². The van der Waals surface area contributed by atoms with Gasteiger partial charge in [-0.1, -0.05) is 19.1 Å². The molecule has 0 heterocycles. The highest BCUT2D eigenvalue weighted by molar-refractivity contribution is 5.85. The van der Waals surface area contributed by atoms with Crippen molar-refractivity contribution in [1.82, 2.24) is 10.6 Å². The zero-order valence-corrected chi connectivity index (χ0v) is 9.94. The Bertz CT molecular complexity index is 316. The summed E-state index contributed by atoms with van der Waals surface area (Å²) in [5.74, 6) is -0.320. The molecule has 16 heavy (non-hydrogen) atoms. The summed E-state index contributed by atoms with van der Waals surface area (Å²) in [6.07, 6.45) is 0. The Balaban J connectivity index is 0.00000225. The summed E-state index contributed by atoms with van der Waals surface area (Å²) in [7, 11) is 0. The molecule has 0 saturated carbocycles. The minimum absolute atomic E-state index is 0. The molecule has 90 valence electrons. The molecule has 0 fully saturated rings. The molecule has 0 aliphatic heterocycles. The molecular formula is C11H16ClFN2O. The first-order chi connectivity index (χ1) is 7.22. The molecule has 5 heteroatoms. The maximum absolute atomic E-state index is 12.6. The van der Waals surface area contributed by atoms with Crippen LogP contribution < -0.4 is 10.6 Å². The molecule has 0 radical (unpaired) electrons. The van der Waals surface area contributed by atoms with E-state index in [0.29, 0.717) is 13.1 Å². The zero-order valence-electron chi connectivity index (χ0n) is 9.13. The minimum atomic E-state index is -0.266. The quantitative estimate of drug-likeness (QED) is 0.826. The molecule has 0 spiro atoms. The van der Waals surface area contributed by atoms with E-state index in [2.05, 4.69) is 10.6 Å². The van der Waals surface area contributed by atoms with E-state index in [4.69, 9.17) is 0 Å². The van der Waals surface area contributed by atoms with E-state index in [-0.39, 0.29) is 24.1 Å².